The van der Waals surface area contributed by atoms with E-state index in [0.29, 0.717) is 17.9 Å². The van der Waals surface area contributed by atoms with Gasteiger partial charge in [-0.1, -0.05) is 19.1 Å². The van der Waals surface area contributed by atoms with Crippen LogP contribution in [0.25, 0.3) is 0 Å². The molecule has 22 heavy (non-hydrogen) atoms. The van der Waals surface area contributed by atoms with Crippen molar-refractivity contribution >= 4 is 11.6 Å². The maximum absolute atomic E-state index is 12.9. The lowest BCUT2D eigenvalue weighted by molar-refractivity contribution is -0.122. The number of hydrogen-bond donors (Lipinski definition) is 1. The van der Waals surface area contributed by atoms with Crippen molar-refractivity contribution in [3.05, 3.63) is 59.4 Å². The molecule has 0 saturated heterocycles. The summed E-state index contributed by atoms with van der Waals surface area (Å²) in [7, 11) is 0. The highest BCUT2D eigenvalue weighted by atomic mass is 19.1. The third kappa shape index (κ3) is 4.07. The first-order chi connectivity index (χ1) is 10.5. The molecular formula is C18H20FNO2. The molecule has 0 radical (unpaired) electrons. The molecular weight excluding hydrogens is 281 g/mol. The molecule has 0 spiro atoms. The summed E-state index contributed by atoms with van der Waals surface area (Å²) in [6, 6.07) is 11.6. The van der Waals surface area contributed by atoms with Gasteiger partial charge in [-0.15, -0.1) is 0 Å². The number of carbonyl (C=O) groups excluding carboxylic acids is 1. The van der Waals surface area contributed by atoms with Gasteiger partial charge in [-0.05, 0) is 61.7 Å². The summed E-state index contributed by atoms with van der Waals surface area (Å²) in [6.45, 7) is 5.81. The highest BCUT2D eigenvalue weighted by Gasteiger charge is 2.19. The summed E-state index contributed by atoms with van der Waals surface area (Å²) in [5.74, 6) is 0.132. The number of benzene rings is 2. The number of rotatable bonds is 5. The van der Waals surface area contributed by atoms with E-state index < -0.39 is 6.10 Å². The van der Waals surface area contributed by atoms with Crippen LogP contribution in [-0.4, -0.2) is 12.0 Å². The van der Waals surface area contributed by atoms with Crippen molar-refractivity contribution < 1.29 is 13.9 Å². The third-order valence-electron chi connectivity index (χ3n) is 3.39. The Labute approximate surface area is 130 Å². The average Bonchev–Trinajstić information content (AvgIpc) is 2.50. The van der Waals surface area contributed by atoms with Crippen LogP contribution in [-0.2, 0) is 4.79 Å². The summed E-state index contributed by atoms with van der Waals surface area (Å²) in [5, 5.41) is 2.74. The van der Waals surface area contributed by atoms with Gasteiger partial charge in [0.25, 0.3) is 5.91 Å². The van der Waals surface area contributed by atoms with Gasteiger partial charge in [-0.25, -0.2) is 4.39 Å². The Kier molecular flexibility index (Phi) is 5.15. The molecule has 1 atom stereocenters. The van der Waals surface area contributed by atoms with Crippen LogP contribution in [0.4, 0.5) is 10.1 Å². The summed E-state index contributed by atoms with van der Waals surface area (Å²) in [5.41, 5.74) is 2.61. The summed E-state index contributed by atoms with van der Waals surface area (Å²) in [6.07, 6.45) is -0.0500. The molecule has 0 bridgehead atoms. The fourth-order valence-corrected chi connectivity index (χ4v) is 2.07. The lowest BCUT2D eigenvalue weighted by Crippen LogP contribution is -2.32. The number of carbonyl (C=O) groups is 1. The normalized spacial score (nSPS) is 11.8. The van der Waals surface area contributed by atoms with E-state index in [0.717, 1.165) is 11.1 Å². The Morgan fingerprint density at radius 1 is 1.18 bits per heavy atom. The van der Waals surface area contributed by atoms with Gasteiger partial charge in [0.1, 0.15) is 11.6 Å². The minimum Gasteiger partial charge on any atom is -0.480 e. The van der Waals surface area contributed by atoms with Crippen molar-refractivity contribution in [1.29, 1.82) is 0 Å². The molecule has 0 aliphatic heterocycles. The lowest BCUT2D eigenvalue weighted by atomic mass is 10.1. The highest BCUT2D eigenvalue weighted by molar-refractivity contribution is 5.94. The zero-order valence-corrected chi connectivity index (χ0v) is 13.0. The summed E-state index contributed by atoms with van der Waals surface area (Å²) >= 11 is 0. The van der Waals surface area contributed by atoms with Gasteiger partial charge in [-0.3, -0.25) is 4.79 Å². The molecule has 4 heteroatoms. The van der Waals surface area contributed by atoms with Crippen molar-refractivity contribution in [2.45, 2.75) is 33.3 Å². The van der Waals surface area contributed by atoms with E-state index in [1.807, 2.05) is 39.0 Å². The molecule has 0 fully saturated rings. The molecule has 116 valence electrons. The predicted molar refractivity (Wildman–Crippen MR) is 85.7 cm³/mol. The first-order valence-corrected chi connectivity index (χ1v) is 7.30. The van der Waals surface area contributed by atoms with E-state index in [1.54, 1.807) is 0 Å². The van der Waals surface area contributed by atoms with Crippen LogP contribution in [0.5, 0.6) is 5.75 Å². The molecule has 1 unspecified atom stereocenters. The smallest absolute Gasteiger partial charge is 0.265 e. The van der Waals surface area contributed by atoms with Gasteiger partial charge in [0.15, 0.2) is 6.10 Å². The Bertz CT molecular complexity index is 653. The van der Waals surface area contributed by atoms with Crippen LogP contribution >= 0.6 is 0 Å². The van der Waals surface area contributed by atoms with Gasteiger partial charge in [0.05, 0.1) is 0 Å². The topological polar surface area (TPSA) is 38.3 Å². The van der Waals surface area contributed by atoms with Crippen LogP contribution in [0.1, 0.15) is 24.5 Å². The van der Waals surface area contributed by atoms with Crippen LogP contribution in [0.3, 0.4) is 0 Å². The van der Waals surface area contributed by atoms with Crippen LogP contribution in [0, 0.1) is 19.7 Å². The van der Waals surface area contributed by atoms with E-state index in [2.05, 4.69) is 5.32 Å². The number of anilines is 1. The molecule has 2 rings (SSSR count). The van der Waals surface area contributed by atoms with Crippen molar-refractivity contribution in [3.63, 3.8) is 0 Å². The number of hydrogen-bond acceptors (Lipinski definition) is 2. The third-order valence-corrected chi connectivity index (χ3v) is 3.39. The highest BCUT2D eigenvalue weighted by Crippen LogP contribution is 2.22. The molecule has 1 amide bonds. The van der Waals surface area contributed by atoms with Crippen LogP contribution in [0.2, 0.25) is 0 Å². The van der Waals surface area contributed by atoms with Crippen molar-refractivity contribution in [1.82, 2.24) is 0 Å². The van der Waals surface area contributed by atoms with Gasteiger partial charge >= 0.3 is 0 Å². The lowest BCUT2D eigenvalue weighted by Gasteiger charge is -2.19. The van der Waals surface area contributed by atoms with E-state index in [-0.39, 0.29) is 11.7 Å². The maximum Gasteiger partial charge on any atom is 0.265 e. The second-order valence-electron chi connectivity index (χ2n) is 5.28. The monoisotopic (exact) mass is 301 g/mol. The fraction of sp³-hybridized carbons (Fsp3) is 0.278. The molecule has 0 aliphatic carbocycles. The predicted octanol–water partition coefficient (Wildman–Crippen LogP) is 4.24. The molecule has 0 aromatic heterocycles. The van der Waals surface area contributed by atoms with E-state index in [1.165, 1.54) is 24.3 Å². The molecule has 2 aromatic rings. The molecule has 2 aromatic carbocycles. The Morgan fingerprint density at radius 3 is 2.50 bits per heavy atom. The van der Waals surface area contributed by atoms with E-state index in [4.69, 9.17) is 4.74 Å². The van der Waals surface area contributed by atoms with Crippen LogP contribution < -0.4 is 10.1 Å². The summed E-state index contributed by atoms with van der Waals surface area (Å²) in [4.78, 5) is 12.3. The minimum absolute atomic E-state index is 0.241. The first kappa shape index (κ1) is 16.0. The second kappa shape index (κ2) is 7.07. The van der Waals surface area contributed by atoms with Crippen molar-refractivity contribution in [2.24, 2.45) is 0 Å². The largest absolute Gasteiger partial charge is 0.480 e. The number of nitrogens with one attached hydrogen (secondary N) is 1. The number of ether oxygens (including phenoxy) is 1. The number of halogens is 1. The minimum atomic E-state index is -0.592. The quantitative estimate of drug-likeness (QED) is 0.897. The zero-order valence-electron chi connectivity index (χ0n) is 13.0. The average molecular weight is 301 g/mol. The molecule has 0 heterocycles. The molecule has 0 aliphatic rings. The van der Waals surface area contributed by atoms with Gasteiger partial charge in [0.2, 0.25) is 0 Å². The SMILES string of the molecule is CCC(Oc1cc(C)ccc1C)C(=O)Nc1ccc(F)cc1. The van der Waals surface area contributed by atoms with Crippen molar-refractivity contribution in [2.75, 3.05) is 5.32 Å². The zero-order chi connectivity index (χ0) is 16.1. The van der Waals surface area contributed by atoms with Crippen molar-refractivity contribution in [3.8, 4) is 5.75 Å². The molecule has 0 saturated carbocycles. The summed E-state index contributed by atoms with van der Waals surface area (Å²) < 4.78 is 18.7. The van der Waals surface area contributed by atoms with Gasteiger partial charge in [0, 0.05) is 5.69 Å². The fourth-order valence-electron chi connectivity index (χ4n) is 2.07. The van der Waals surface area contributed by atoms with E-state index in [9.17, 15) is 9.18 Å². The first-order valence-electron chi connectivity index (χ1n) is 7.30. The van der Waals surface area contributed by atoms with Crippen LogP contribution in [0.15, 0.2) is 42.5 Å². The Hall–Kier alpha value is -2.36. The van der Waals surface area contributed by atoms with Gasteiger partial charge < -0.3 is 10.1 Å². The maximum atomic E-state index is 12.9. The molecule has 1 N–H and O–H groups in total. The number of aryl methyl sites for hydroxylation is 2. The number of amides is 1. The standard InChI is InChI=1S/C18H20FNO2/c1-4-16(22-17-11-12(2)5-6-13(17)3)18(21)20-15-9-7-14(19)8-10-15/h5-11,16H,4H2,1-3H3,(H,20,21). The second-order valence-corrected chi connectivity index (χ2v) is 5.28. The van der Waals surface area contributed by atoms with E-state index >= 15 is 0 Å². The van der Waals surface area contributed by atoms with Gasteiger partial charge in [-0.2, -0.15) is 0 Å². The Morgan fingerprint density at radius 2 is 1.86 bits per heavy atom. The Balaban J connectivity index is 2.08. The molecule has 3 nitrogen and oxygen atoms in total.